The van der Waals surface area contributed by atoms with Gasteiger partial charge in [-0.05, 0) is 35.2 Å². The van der Waals surface area contributed by atoms with Gasteiger partial charge in [0.1, 0.15) is 11.7 Å². The van der Waals surface area contributed by atoms with Crippen LogP contribution in [-0.2, 0) is 0 Å². The Kier molecular flexibility index (Phi) is 3.33. The van der Waals surface area contributed by atoms with Gasteiger partial charge in [0.2, 0.25) is 0 Å². The van der Waals surface area contributed by atoms with Gasteiger partial charge in [-0.2, -0.15) is 0 Å². The molecule has 2 rings (SSSR count). The zero-order valence-electron chi connectivity index (χ0n) is 8.93. The van der Waals surface area contributed by atoms with Gasteiger partial charge in [0.05, 0.1) is 6.57 Å². The molecule has 0 aliphatic heterocycles. The van der Waals surface area contributed by atoms with Gasteiger partial charge in [-0.1, -0.05) is 18.2 Å². The van der Waals surface area contributed by atoms with E-state index < -0.39 is 0 Å². The summed E-state index contributed by atoms with van der Waals surface area (Å²) >= 11 is 1.64. The Balaban J connectivity index is 2.39. The highest BCUT2D eigenvalue weighted by molar-refractivity contribution is 7.98. The number of nitrogens with zero attached hydrogens (tertiary/aromatic N) is 1. The van der Waals surface area contributed by atoms with Crippen molar-refractivity contribution in [2.24, 2.45) is 0 Å². The van der Waals surface area contributed by atoms with Crippen LogP contribution in [0.15, 0.2) is 36.4 Å². The lowest BCUT2D eigenvalue weighted by Gasteiger charge is -2.05. The Morgan fingerprint density at radius 3 is 2.75 bits per heavy atom. The Labute approximate surface area is 99.0 Å². The molecule has 0 heterocycles. The van der Waals surface area contributed by atoms with E-state index in [1.807, 2.05) is 42.7 Å². The molecule has 2 aromatic rings. The molecule has 0 bridgehead atoms. The maximum absolute atomic E-state index is 6.97. The highest BCUT2D eigenvalue weighted by atomic mass is 32.2. The summed E-state index contributed by atoms with van der Waals surface area (Å²) in [4.78, 5) is 3.42. The summed E-state index contributed by atoms with van der Waals surface area (Å²) in [6, 6.07) is 11.6. The summed E-state index contributed by atoms with van der Waals surface area (Å²) in [5.74, 6) is 1.50. The van der Waals surface area contributed by atoms with Crippen LogP contribution in [0.1, 0.15) is 0 Å². The summed E-state index contributed by atoms with van der Waals surface area (Å²) in [5.41, 5.74) is 0.662. The standard InChI is InChI=1S/C13H11NOS/c1-14-12-5-3-10-4-6-13(15-9-16-2)8-11(10)7-12/h3-8H,9H2,2H3. The van der Waals surface area contributed by atoms with E-state index in [2.05, 4.69) is 4.85 Å². The minimum absolute atomic E-state index is 0.647. The summed E-state index contributed by atoms with van der Waals surface area (Å²) in [6.45, 7) is 6.97. The Morgan fingerprint density at radius 1 is 1.19 bits per heavy atom. The first kappa shape index (κ1) is 10.8. The second-order valence-electron chi connectivity index (χ2n) is 3.36. The number of thioether (sulfide) groups is 1. The number of hydrogen-bond donors (Lipinski definition) is 0. The average Bonchev–Trinajstić information content (AvgIpc) is 2.35. The third-order valence-electron chi connectivity index (χ3n) is 2.27. The van der Waals surface area contributed by atoms with Crippen LogP contribution in [0.4, 0.5) is 5.69 Å². The van der Waals surface area contributed by atoms with Crippen molar-refractivity contribution in [2.75, 3.05) is 12.2 Å². The normalized spacial score (nSPS) is 10.0. The summed E-state index contributed by atoms with van der Waals surface area (Å²) < 4.78 is 5.52. The Bertz CT molecular complexity index is 545. The fraction of sp³-hybridized carbons (Fsp3) is 0.154. The molecule has 2 aromatic carbocycles. The van der Waals surface area contributed by atoms with Crippen molar-refractivity contribution < 1.29 is 4.74 Å². The zero-order chi connectivity index (χ0) is 11.4. The summed E-state index contributed by atoms with van der Waals surface area (Å²) in [7, 11) is 0. The highest BCUT2D eigenvalue weighted by Gasteiger charge is 1.98. The quantitative estimate of drug-likeness (QED) is 0.581. The molecule has 0 spiro atoms. The predicted octanol–water partition coefficient (Wildman–Crippen LogP) is 4.09. The van der Waals surface area contributed by atoms with Crippen LogP contribution in [0.3, 0.4) is 0 Å². The monoisotopic (exact) mass is 229 g/mol. The second-order valence-corrected chi connectivity index (χ2v) is 4.17. The zero-order valence-corrected chi connectivity index (χ0v) is 9.75. The van der Waals surface area contributed by atoms with Gasteiger partial charge in [-0.3, -0.25) is 0 Å². The molecule has 0 aromatic heterocycles. The van der Waals surface area contributed by atoms with Crippen LogP contribution in [0.25, 0.3) is 15.6 Å². The van der Waals surface area contributed by atoms with Crippen molar-refractivity contribution in [3.63, 3.8) is 0 Å². The minimum atomic E-state index is 0.647. The van der Waals surface area contributed by atoms with Gasteiger partial charge in [0.25, 0.3) is 0 Å². The number of rotatable bonds is 3. The number of hydrogen-bond acceptors (Lipinski definition) is 2. The topological polar surface area (TPSA) is 13.6 Å². The van der Waals surface area contributed by atoms with Gasteiger partial charge in [-0.25, -0.2) is 4.85 Å². The van der Waals surface area contributed by atoms with Crippen LogP contribution in [0.2, 0.25) is 0 Å². The average molecular weight is 229 g/mol. The summed E-state index contributed by atoms with van der Waals surface area (Å²) in [6.07, 6.45) is 2.00. The van der Waals surface area contributed by atoms with E-state index in [4.69, 9.17) is 11.3 Å². The smallest absolute Gasteiger partial charge is 0.187 e. The molecule has 0 fully saturated rings. The largest absolute Gasteiger partial charge is 0.483 e. The van der Waals surface area contributed by atoms with E-state index in [9.17, 15) is 0 Å². The lowest BCUT2D eigenvalue weighted by Crippen LogP contribution is -1.90. The molecule has 0 amide bonds. The fourth-order valence-corrected chi connectivity index (χ4v) is 1.75. The van der Waals surface area contributed by atoms with E-state index in [1.165, 1.54) is 0 Å². The Morgan fingerprint density at radius 2 is 2.00 bits per heavy atom. The van der Waals surface area contributed by atoms with E-state index >= 15 is 0 Å². The molecule has 0 atom stereocenters. The molecule has 2 nitrogen and oxygen atoms in total. The van der Waals surface area contributed by atoms with Crippen molar-refractivity contribution in [1.82, 2.24) is 0 Å². The highest BCUT2D eigenvalue weighted by Crippen LogP contribution is 2.25. The van der Waals surface area contributed by atoms with Crippen LogP contribution in [0, 0.1) is 6.57 Å². The predicted molar refractivity (Wildman–Crippen MR) is 69.2 cm³/mol. The molecule has 0 aliphatic rings. The van der Waals surface area contributed by atoms with E-state index in [0.717, 1.165) is 16.5 Å². The molecule has 3 heteroatoms. The van der Waals surface area contributed by atoms with Crippen molar-refractivity contribution in [3.8, 4) is 5.75 Å². The molecule has 16 heavy (non-hydrogen) atoms. The van der Waals surface area contributed by atoms with E-state index in [-0.39, 0.29) is 0 Å². The summed E-state index contributed by atoms with van der Waals surface area (Å²) in [5, 5.41) is 2.18. The number of fused-ring (bicyclic) bond motifs is 1. The lowest BCUT2D eigenvalue weighted by molar-refractivity contribution is 0.394. The SMILES string of the molecule is [C-]#[N+]c1ccc2ccc(OCSC)cc2c1. The molecule has 0 radical (unpaired) electrons. The third kappa shape index (κ3) is 2.29. The van der Waals surface area contributed by atoms with E-state index in [1.54, 1.807) is 11.8 Å². The van der Waals surface area contributed by atoms with Crippen LogP contribution >= 0.6 is 11.8 Å². The van der Waals surface area contributed by atoms with Crippen molar-refractivity contribution in [3.05, 3.63) is 47.8 Å². The van der Waals surface area contributed by atoms with Gasteiger partial charge < -0.3 is 4.74 Å². The van der Waals surface area contributed by atoms with Crippen molar-refractivity contribution in [1.29, 1.82) is 0 Å². The fourth-order valence-electron chi connectivity index (χ4n) is 1.50. The van der Waals surface area contributed by atoms with Gasteiger partial charge >= 0.3 is 0 Å². The van der Waals surface area contributed by atoms with Gasteiger partial charge in [0, 0.05) is 0 Å². The van der Waals surface area contributed by atoms with E-state index in [0.29, 0.717) is 11.6 Å². The molecular weight excluding hydrogens is 218 g/mol. The molecule has 0 aliphatic carbocycles. The van der Waals surface area contributed by atoms with Crippen molar-refractivity contribution >= 4 is 28.2 Å². The second kappa shape index (κ2) is 4.91. The maximum Gasteiger partial charge on any atom is 0.187 e. The first-order valence-electron chi connectivity index (χ1n) is 4.86. The van der Waals surface area contributed by atoms with Crippen LogP contribution in [-0.4, -0.2) is 12.2 Å². The maximum atomic E-state index is 6.97. The number of ether oxygens (including phenoxy) is 1. The molecular formula is C13H11NOS. The lowest BCUT2D eigenvalue weighted by atomic mass is 10.1. The molecule has 80 valence electrons. The molecule has 0 N–H and O–H groups in total. The number of benzene rings is 2. The van der Waals surface area contributed by atoms with Gasteiger partial charge in [0.15, 0.2) is 5.69 Å². The Hall–Kier alpha value is -1.66. The first-order valence-corrected chi connectivity index (χ1v) is 6.26. The first-order chi connectivity index (χ1) is 7.83. The van der Waals surface area contributed by atoms with Crippen LogP contribution in [0.5, 0.6) is 5.75 Å². The van der Waals surface area contributed by atoms with Crippen molar-refractivity contribution in [2.45, 2.75) is 0 Å². The minimum Gasteiger partial charge on any atom is -0.483 e. The van der Waals surface area contributed by atoms with Crippen LogP contribution < -0.4 is 4.74 Å². The molecule has 0 saturated heterocycles. The molecule has 0 unspecified atom stereocenters. The van der Waals surface area contributed by atoms with Gasteiger partial charge in [-0.15, -0.1) is 11.8 Å². The molecule has 0 saturated carbocycles. The third-order valence-corrected chi connectivity index (χ3v) is 2.62.